The summed E-state index contributed by atoms with van der Waals surface area (Å²) in [5, 5.41) is 13.4. The lowest BCUT2D eigenvalue weighted by Gasteiger charge is -2.22. The van der Waals surface area contributed by atoms with Crippen molar-refractivity contribution in [3.8, 4) is 0 Å². The standard InChI is InChI=1S/C14H15N3O4/c1-16-7-8(6-15-16)11(14(20)21)17-12(18)9-4-2-3-5-10(9)13(17)19/h2-3,6-7,9-11H,4-5H2,1H3,(H,20,21). The fraction of sp³-hybridized carbons (Fsp3) is 0.429. The quantitative estimate of drug-likeness (QED) is 0.646. The molecule has 110 valence electrons. The second kappa shape index (κ2) is 4.83. The summed E-state index contributed by atoms with van der Waals surface area (Å²) in [6.45, 7) is 0. The minimum Gasteiger partial charge on any atom is -0.479 e. The molecule has 21 heavy (non-hydrogen) atoms. The highest BCUT2D eigenvalue weighted by molar-refractivity contribution is 6.08. The van der Waals surface area contributed by atoms with Gasteiger partial charge in [-0.05, 0) is 12.8 Å². The number of hydrogen-bond donors (Lipinski definition) is 1. The predicted octanol–water partition coefficient (Wildman–Crippen LogP) is 0.497. The maximum Gasteiger partial charge on any atom is 0.331 e. The van der Waals surface area contributed by atoms with Crippen molar-refractivity contribution in [2.45, 2.75) is 18.9 Å². The number of amides is 2. The monoisotopic (exact) mass is 289 g/mol. The Morgan fingerprint density at radius 3 is 2.29 bits per heavy atom. The van der Waals surface area contributed by atoms with Crippen molar-refractivity contribution >= 4 is 17.8 Å². The summed E-state index contributed by atoms with van der Waals surface area (Å²) in [5.41, 5.74) is 0.332. The molecule has 1 aliphatic carbocycles. The molecule has 1 N–H and O–H groups in total. The summed E-state index contributed by atoms with van der Waals surface area (Å²) in [6, 6.07) is -1.30. The first-order valence-corrected chi connectivity index (χ1v) is 6.74. The molecule has 2 amide bonds. The Bertz CT molecular complexity index is 622. The van der Waals surface area contributed by atoms with E-state index in [2.05, 4.69) is 5.10 Å². The number of rotatable bonds is 3. The number of nitrogens with zero attached hydrogens (tertiary/aromatic N) is 3. The largest absolute Gasteiger partial charge is 0.479 e. The number of likely N-dealkylation sites (tertiary alicyclic amines) is 1. The van der Waals surface area contributed by atoms with E-state index >= 15 is 0 Å². The molecule has 7 heteroatoms. The van der Waals surface area contributed by atoms with Crippen molar-refractivity contribution in [1.29, 1.82) is 0 Å². The molecule has 1 aromatic rings. The van der Waals surface area contributed by atoms with E-state index in [-0.39, 0.29) is 0 Å². The Hall–Kier alpha value is -2.44. The summed E-state index contributed by atoms with van der Waals surface area (Å²) in [6.07, 6.45) is 7.61. The minimum absolute atomic E-state index is 0.332. The maximum absolute atomic E-state index is 12.5. The molecule has 1 saturated heterocycles. The van der Waals surface area contributed by atoms with Crippen molar-refractivity contribution in [2.75, 3.05) is 0 Å². The zero-order chi connectivity index (χ0) is 15.1. The maximum atomic E-state index is 12.5. The predicted molar refractivity (Wildman–Crippen MR) is 70.8 cm³/mol. The molecule has 0 bridgehead atoms. The minimum atomic E-state index is -1.30. The van der Waals surface area contributed by atoms with Gasteiger partial charge in [0.05, 0.1) is 18.0 Å². The van der Waals surface area contributed by atoms with Gasteiger partial charge in [-0.15, -0.1) is 0 Å². The Labute approximate surface area is 120 Å². The summed E-state index contributed by atoms with van der Waals surface area (Å²) < 4.78 is 1.45. The van der Waals surface area contributed by atoms with Gasteiger partial charge in [0, 0.05) is 18.8 Å². The third kappa shape index (κ3) is 2.05. The Kier molecular flexibility index (Phi) is 3.12. The fourth-order valence-electron chi connectivity index (χ4n) is 3.06. The number of fused-ring (bicyclic) bond motifs is 1. The van der Waals surface area contributed by atoms with Gasteiger partial charge in [-0.25, -0.2) is 4.79 Å². The van der Waals surface area contributed by atoms with Gasteiger partial charge in [0.25, 0.3) is 0 Å². The van der Waals surface area contributed by atoms with Crippen LogP contribution < -0.4 is 0 Å². The molecule has 7 nitrogen and oxygen atoms in total. The number of imide groups is 1. The second-order valence-corrected chi connectivity index (χ2v) is 5.39. The summed E-state index contributed by atoms with van der Waals surface area (Å²) >= 11 is 0. The van der Waals surface area contributed by atoms with E-state index in [4.69, 9.17) is 0 Å². The molecule has 3 rings (SSSR count). The van der Waals surface area contributed by atoms with Crippen LogP contribution in [0, 0.1) is 11.8 Å². The molecule has 0 saturated carbocycles. The van der Waals surface area contributed by atoms with Crippen LogP contribution in [0.2, 0.25) is 0 Å². The number of aliphatic carboxylic acids is 1. The number of allylic oxidation sites excluding steroid dienone is 2. The van der Waals surface area contributed by atoms with E-state index in [1.165, 1.54) is 17.1 Å². The Morgan fingerprint density at radius 2 is 1.86 bits per heavy atom. The Balaban J connectivity index is 1.99. The zero-order valence-corrected chi connectivity index (χ0v) is 11.5. The Morgan fingerprint density at radius 1 is 1.29 bits per heavy atom. The average molecular weight is 289 g/mol. The first-order chi connectivity index (χ1) is 10.0. The molecule has 0 spiro atoms. The zero-order valence-electron chi connectivity index (χ0n) is 11.5. The molecular weight excluding hydrogens is 274 g/mol. The first-order valence-electron chi connectivity index (χ1n) is 6.74. The highest BCUT2D eigenvalue weighted by atomic mass is 16.4. The van der Waals surface area contributed by atoms with Crippen molar-refractivity contribution in [3.63, 3.8) is 0 Å². The van der Waals surface area contributed by atoms with Gasteiger partial charge in [0.1, 0.15) is 0 Å². The van der Waals surface area contributed by atoms with E-state index in [0.717, 1.165) is 4.90 Å². The number of aryl methyl sites for hydroxylation is 1. The van der Waals surface area contributed by atoms with E-state index < -0.39 is 35.7 Å². The first kappa shape index (κ1) is 13.5. The van der Waals surface area contributed by atoms with E-state index in [0.29, 0.717) is 18.4 Å². The molecule has 0 radical (unpaired) electrons. The highest BCUT2D eigenvalue weighted by Crippen LogP contribution is 2.39. The van der Waals surface area contributed by atoms with Crippen LogP contribution in [0.25, 0.3) is 0 Å². The second-order valence-electron chi connectivity index (χ2n) is 5.39. The van der Waals surface area contributed by atoms with Gasteiger partial charge in [-0.2, -0.15) is 5.10 Å². The number of aromatic nitrogens is 2. The van der Waals surface area contributed by atoms with Crippen molar-refractivity contribution in [1.82, 2.24) is 14.7 Å². The van der Waals surface area contributed by atoms with Gasteiger partial charge >= 0.3 is 5.97 Å². The molecule has 3 atom stereocenters. The van der Waals surface area contributed by atoms with Crippen molar-refractivity contribution in [3.05, 3.63) is 30.1 Å². The van der Waals surface area contributed by atoms with Gasteiger partial charge in [-0.3, -0.25) is 19.2 Å². The van der Waals surface area contributed by atoms with Gasteiger partial charge in [0.2, 0.25) is 11.8 Å². The smallest absolute Gasteiger partial charge is 0.331 e. The van der Waals surface area contributed by atoms with E-state index in [1.807, 2.05) is 12.2 Å². The normalized spacial score (nSPS) is 26.0. The third-order valence-corrected chi connectivity index (χ3v) is 4.07. The van der Waals surface area contributed by atoms with Crippen molar-refractivity contribution in [2.24, 2.45) is 18.9 Å². The number of carbonyl (C=O) groups is 3. The lowest BCUT2D eigenvalue weighted by molar-refractivity contribution is -0.155. The van der Waals surface area contributed by atoms with Gasteiger partial charge in [0.15, 0.2) is 6.04 Å². The van der Waals surface area contributed by atoms with Gasteiger partial charge in [-0.1, -0.05) is 12.2 Å². The molecule has 1 fully saturated rings. The SMILES string of the molecule is Cn1cc(C(C(=O)O)N2C(=O)C3CC=CCC3C2=O)cn1. The summed E-state index contributed by atoms with van der Waals surface area (Å²) in [5.74, 6) is -2.88. The molecular formula is C14H15N3O4. The van der Waals surface area contributed by atoms with Crippen molar-refractivity contribution < 1.29 is 19.5 Å². The van der Waals surface area contributed by atoms with Crippen LogP contribution in [-0.2, 0) is 21.4 Å². The van der Waals surface area contributed by atoms with E-state index in [9.17, 15) is 19.5 Å². The van der Waals surface area contributed by atoms with Crippen LogP contribution >= 0.6 is 0 Å². The number of hydrogen-bond acceptors (Lipinski definition) is 4. The lowest BCUT2D eigenvalue weighted by atomic mass is 9.85. The van der Waals surface area contributed by atoms with Crippen LogP contribution in [0.4, 0.5) is 0 Å². The number of carbonyl (C=O) groups excluding carboxylic acids is 2. The average Bonchev–Trinajstić information content (AvgIpc) is 2.97. The molecule has 1 aliphatic heterocycles. The number of carboxylic acid groups (broad SMARTS) is 1. The van der Waals surface area contributed by atoms with Crippen LogP contribution in [0.3, 0.4) is 0 Å². The van der Waals surface area contributed by atoms with Crippen LogP contribution in [0.15, 0.2) is 24.5 Å². The number of carboxylic acids is 1. The van der Waals surface area contributed by atoms with Gasteiger partial charge < -0.3 is 5.11 Å². The fourth-order valence-corrected chi connectivity index (χ4v) is 3.06. The van der Waals surface area contributed by atoms with Crippen LogP contribution in [0.1, 0.15) is 24.4 Å². The molecule has 1 aromatic heterocycles. The molecule has 3 unspecified atom stereocenters. The summed E-state index contributed by atoms with van der Waals surface area (Å²) in [7, 11) is 1.65. The lowest BCUT2D eigenvalue weighted by Crippen LogP contribution is -2.39. The van der Waals surface area contributed by atoms with Crippen LogP contribution in [-0.4, -0.2) is 37.6 Å². The molecule has 0 aromatic carbocycles. The third-order valence-electron chi connectivity index (χ3n) is 4.07. The topological polar surface area (TPSA) is 92.5 Å². The highest BCUT2D eigenvalue weighted by Gasteiger charge is 2.51. The molecule has 2 heterocycles. The summed E-state index contributed by atoms with van der Waals surface area (Å²) in [4.78, 5) is 37.4. The molecule has 2 aliphatic rings. The van der Waals surface area contributed by atoms with Crippen LogP contribution in [0.5, 0.6) is 0 Å². The van der Waals surface area contributed by atoms with E-state index in [1.54, 1.807) is 7.05 Å².